The summed E-state index contributed by atoms with van der Waals surface area (Å²) in [5.41, 5.74) is 1.09. The molecule has 0 fully saturated rings. The maximum absolute atomic E-state index is 12.2. The number of phenols is 1. The lowest BCUT2D eigenvalue weighted by Gasteiger charge is -2.06. The fourth-order valence-electron chi connectivity index (χ4n) is 1.94. The van der Waals surface area contributed by atoms with Crippen LogP contribution in [0.4, 0.5) is 0 Å². The van der Waals surface area contributed by atoms with Crippen molar-refractivity contribution in [2.45, 2.75) is 0 Å². The van der Waals surface area contributed by atoms with Gasteiger partial charge >= 0.3 is 0 Å². The number of ether oxygens (including phenoxy) is 2. The number of carbonyl (C=O) groups is 1. The van der Waals surface area contributed by atoms with Crippen LogP contribution in [0.15, 0.2) is 61.2 Å². The Morgan fingerprint density at radius 3 is 2.48 bits per heavy atom. The summed E-state index contributed by atoms with van der Waals surface area (Å²) in [6, 6.07) is 11.9. The van der Waals surface area contributed by atoms with E-state index in [0.29, 0.717) is 12.4 Å². The zero-order valence-electron chi connectivity index (χ0n) is 12.9. The molecule has 0 bridgehead atoms. The third-order valence-corrected chi connectivity index (χ3v) is 3.15. The van der Waals surface area contributed by atoms with E-state index in [9.17, 15) is 9.90 Å². The number of hydrogen-bond acceptors (Lipinski definition) is 4. The summed E-state index contributed by atoms with van der Waals surface area (Å²) in [6.07, 6.45) is 4.71. The number of methoxy groups -OCH3 is 1. The summed E-state index contributed by atoms with van der Waals surface area (Å²) < 4.78 is 10.4. The molecule has 1 N–H and O–H groups in total. The van der Waals surface area contributed by atoms with Gasteiger partial charge in [0.25, 0.3) is 0 Å². The minimum Gasteiger partial charge on any atom is -0.507 e. The number of carbonyl (C=O) groups excluding carboxylic acids is 1. The predicted molar refractivity (Wildman–Crippen MR) is 90.2 cm³/mol. The van der Waals surface area contributed by atoms with E-state index in [1.54, 1.807) is 25.3 Å². The molecule has 0 spiro atoms. The van der Waals surface area contributed by atoms with Crippen molar-refractivity contribution < 1.29 is 19.4 Å². The number of benzene rings is 2. The second-order valence-corrected chi connectivity index (χ2v) is 4.75. The third kappa shape index (κ3) is 4.48. The summed E-state index contributed by atoms with van der Waals surface area (Å²) in [7, 11) is 1.60. The van der Waals surface area contributed by atoms with Gasteiger partial charge in [-0.05, 0) is 35.9 Å². The Balaban J connectivity index is 2.10. The first-order valence-corrected chi connectivity index (χ1v) is 7.07. The molecule has 0 aliphatic carbocycles. The Bertz CT molecular complexity index is 715. The van der Waals surface area contributed by atoms with Crippen LogP contribution in [0.5, 0.6) is 17.2 Å². The molecule has 4 heteroatoms. The van der Waals surface area contributed by atoms with Crippen molar-refractivity contribution >= 4 is 11.9 Å². The fraction of sp³-hybridized carbons (Fsp3) is 0.105. The van der Waals surface area contributed by atoms with Crippen molar-refractivity contribution in [1.82, 2.24) is 0 Å². The molecule has 4 nitrogen and oxygen atoms in total. The van der Waals surface area contributed by atoms with E-state index in [0.717, 1.165) is 11.3 Å². The first kappa shape index (κ1) is 16.4. The average Bonchev–Trinajstić information content (AvgIpc) is 2.58. The zero-order chi connectivity index (χ0) is 16.7. The van der Waals surface area contributed by atoms with Crippen molar-refractivity contribution in [3.63, 3.8) is 0 Å². The molecule has 23 heavy (non-hydrogen) atoms. The Labute approximate surface area is 135 Å². The van der Waals surface area contributed by atoms with Gasteiger partial charge in [-0.2, -0.15) is 0 Å². The van der Waals surface area contributed by atoms with Gasteiger partial charge in [-0.25, -0.2) is 0 Å². The van der Waals surface area contributed by atoms with Gasteiger partial charge in [0.15, 0.2) is 5.78 Å². The molecule has 2 rings (SSSR count). The lowest BCUT2D eigenvalue weighted by atomic mass is 10.1. The largest absolute Gasteiger partial charge is 0.507 e. The number of allylic oxidation sites excluding steroid dienone is 1. The van der Waals surface area contributed by atoms with E-state index in [-0.39, 0.29) is 17.1 Å². The van der Waals surface area contributed by atoms with Crippen LogP contribution in [0.3, 0.4) is 0 Å². The topological polar surface area (TPSA) is 55.8 Å². The van der Waals surface area contributed by atoms with Crippen LogP contribution in [0.1, 0.15) is 15.9 Å². The van der Waals surface area contributed by atoms with E-state index < -0.39 is 0 Å². The quantitative estimate of drug-likeness (QED) is 0.479. The molecular formula is C19H18O4. The highest BCUT2D eigenvalue weighted by molar-refractivity contribution is 6.08. The molecular weight excluding hydrogens is 292 g/mol. The average molecular weight is 310 g/mol. The summed E-state index contributed by atoms with van der Waals surface area (Å²) in [5.74, 6) is 0.837. The maximum atomic E-state index is 12.2. The van der Waals surface area contributed by atoms with Crippen LogP contribution >= 0.6 is 0 Å². The van der Waals surface area contributed by atoms with Crippen LogP contribution in [0, 0.1) is 0 Å². The molecule has 0 radical (unpaired) electrons. The van der Waals surface area contributed by atoms with Gasteiger partial charge in [0.05, 0.1) is 12.7 Å². The van der Waals surface area contributed by atoms with E-state index in [1.165, 1.54) is 18.2 Å². The maximum Gasteiger partial charge on any atom is 0.189 e. The molecule has 2 aromatic rings. The molecule has 0 atom stereocenters. The molecule has 0 aliphatic heterocycles. The van der Waals surface area contributed by atoms with Gasteiger partial charge in [0.1, 0.15) is 23.9 Å². The smallest absolute Gasteiger partial charge is 0.189 e. The van der Waals surface area contributed by atoms with E-state index in [1.807, 2.05) is 24.3 Å². The number of aromatic hydroxyl groups is 1. The number of hydrogen-bond donors (Lipinski definition) is 1. The van der Waals surface area contributed by atoms with Crippen molar-refractivity contribution in [1.29, 1.82) is 0 Å². The highest BCUT2D eigenvalue weighted by Crippen LogP contribution is 2.24. The monoisotopic (exact) mass is 310 g/mol. The SMILES string of the molecule is C=CCOc1ccc(C(=O)/C=C/c2ccc(OC)cc2)c(O)c1. The molecule has 2 aromatic carbocycles. The van der Waals surface area contributed by atoms with Crippen LogP contribution in [-0.2, 0) is 0 Å². The van der Waals surface area contributed by atoms with Crippen LogP contribution in [-0.4, -0.2) is 24.6 Å². The summed E-state index contributed by atoms with van der Waals surface area (Å²) >= 11 is 0. The lowest BCUT2D eigenvalue weighted by Crippen LogP contribution is -1.97. The Morgan fingerprint density at radius 2 is 1.87 bits per heavy atom. The van der Waals surface area contributed by atoms with Gasteiger partial charge in [-0.3, -0.25) is 4.79 Å². The standard InChI is InChI=1S/C19H18O4/c1-3-12-23-16-9-10-17(19(21)13-16)18(20)11-6-14-4-7-15(22-2)8-5-14/h3-11,13,21H,1,12H2,2H3/b11-6+. The third-order valence-electron chi connectivity index (χ3n) is 3.15. The van der Waals surface area contributed by atoms with E-state index in [2.05, 4.69) is 6.58 Å². The van der Waals surface area contributed by atoms with Crippen molar-refractivity contribution in [3.8, 4) is 17.2 Å². The number of ketones is 1. The summed E-state index contributed by atoms with van der Waals surface area (Å²) in [6.45, 7) is 3.89. The normalized spacial score (nSPS) is 10.5. The molecule has 0 amide bonds. The molecule has 0 saturated carbocycles. The predicted octanol–water partition coefficient (Wildman–Crippen LogP) is 3.86. The summed E-state index contributed by atoms with van der Waals surface area (Å²) in [5, 5.41) is 9.95. The Hall–Kier alpha value is -3.01. The summed E-state index contributed by atoms with van der Waals surface area (Å²) in [4.78, 5) is 12.2. The molecule has 118 valence electrons. The first-order valence-electron chi connectivity index (χ1n) is 7.07. The fourth-order valence-corrected chi connectivity index (χ4v) is 1.94. The van der Waals surface area contributed by atoms with Crippen LogP contribution in [0.2, 0.25) is 0 Å². The van der Waals surface area contributed by atoms with Crippen molar-refractivity contribution in [3.05, 3.63) is 72.3 Å². The Kier molecular flexibility index (Phi) is 5.58. The van der Waals surface area contributed by atoms with E-state index in [4.69, 9.17) is 9.47 Å². The van der Waals surface area contributed by atoms with Gasteiger partial charge in [-0.15, -0.1) is 0 Å². The van der Waals surface area contributed by atoms with Gasteiger partial charge in [-0.1, -0.05) is 30.9 Å². The first-order chi connectivity index (χ1) is 11.1. The van der Waals surface area contributed by atoms with Crippen molar-refractivity contribution in [2.24, 2.45) is 0 Å². The lowest BCUT2D eigenvalue weighted by molar-refractivity contribution is 0.104. The number of rotatable bonds is 7. The highest BCUT2D eigenvalue weighted by atomic mass is 16.5. The second-order valence-electron chi connectivity index (χ2n) is 4.75. The van der Waals surface area contributed by atoms with Gasteiger partial charge in [0, 0.05) is 6.07 Å². The van der Waals surface area contributed by atoms with Crippen LogP contribution in [0.25, 0.3) is 6.08 Å². The molecule has 0 heterocycles. The number of phenolic OH excluding ortho intramolecular Hbond substituents is 1. The second kappa shape index (κ2) is 7.84. The van der Waals surface area contributed by atoms with Crippen molar-refractivity contribution in [2.75, 3.05) is 13.7 Å². The molecule has 0 aliphatic rings. The van der Waals surface area contributed by atoms with E-state index >= 15 is 0 Å². The zero-order valence-corrected chi connectivity index (χ0v) is 12.9. The van der Waals surface area contributed by atoms with Gasteiger partial charge < -0.3 is 14.6 Å². The van der Waals surface area contributed by atoms with Crippen LogP contribution < -0.4 is 9.47 Å². The molecule has 0 saturated heterocycles. The molecule has 0 aromatic heterocycles. The van der Waals surface area contributed by atoms with Gasteiger partial charge in [0.2, 0.25) is 0 Å². The minimum absolute atomic E-state index is 0.115. The minimum atomic E-state index is -0.284. The highest BCUT2D eigenvalue weighted by Gasteiger charge is 2.09. The molecule has 0 unspecified atom stereocenters. The Morgan fingerprint density at radius 1 is 1.17 bits per heavy atom.